The number of aliphatic hydroxyl groups excluding tert-OH is 1. The van der Waals surface area contributed by atoms with E-state index in [9.17, 15) is 0 Å². The van der Waals surface area contributed by atoms with Gasteiger partial charge in [-0.05, 0) is 18.2 Å². The summed E-state index contributed by atoms with van der Waals surface area (Å²) in [4.78, 5) is 0. The van der Waals surface area contributed by atoms with Gasteiger partial charge in [-0.2, -0.15) is 0 Å². The lowest BCUT2D eigenvalue weighted by Crippen LogP contribution is -2.17. The molecule has 1 aromatic rings. The van der Waals surface area contributed by atoms with E-state index < -0.39 is 0 Å². The predicted octanol–water partition coefficient (Wildman–Crippen LogP) is 0.688. The van der Waals surface area contributed by atoms with Gasteiger partial charge in [0.15, 0.2) is 0 Å². The first-order chi connectivity index (χ1) is 5.79. The van der Waals surface area contributed by atoms with E-state index in [1.54, 1.807) is 18.2 Å². The molecular formula is C9H10O3. The maximum atomic E-state index is 9.14. The highest BCUT2D eigenvalue weighted by atomic mass is 16.5. The second kappa shape index (κ2) is 2.68. The number of phenols is 1. The fourth-order valence-corrected chi connectivity index (χ4v) is 1.41. The number of benzene rings is 1. The van der Waals surface area contributed by atoms with Crippen molar-refractivity contribution in [2.75, 3.05) is 6.61 Å². The summed E-state index contributed by atoms with van der Waals surface area (Å²) in [5.41, 5.74) is 0.967. The highest BCUT2D eigenvalue weighted by Gasteiger charge is 2.21. The number of hydrogen-bond acceptors (Lipinski definition) is 3. The van der Waals surface area contributed by atoms with E-state index in [0.717, 1.165) is 11.3 Å². The molecule has 0 amide bonds. The summed E-state index contributed by atoms with van der Waals surface area (Å²) < 4.78 is 5.35. The molecule has 3 heteroatoms. The number of phenolic OH excluding ortho intramolecular Hbond substituents is 1. The minimum absolute atomic E-state index is 0.0233. The van der Waals surface area contributed by atoms with Crippen molar-refractivity contribution < 1.29 is 14.9 Å². The van der Waals surface area contributed by atoms with Gasteiger partial charge in [-0.25, -0.2) is 0 Å². The van der Waals surface area contributed by atoms with Crippen LogP contribution in [0.5, 0.6) is 11.5 Å². The molecule has 1 aliphatic rings. The zero-order chi connectivity index (χ0) is 8.55. The Hall–Kier alpha value is -1.22. The summed E-state index contributed by atoms with van der Waals surface area (Å²) in [6.07, 6.45) is 0.544. The van der Waals surface area contributed by atoms with E-state index in [1.807, 2.05) is 0 Å². The molecule has 0 bridgehead atoms. The van der Waals surface area contributed by atoms with Crippen molar-refractivity contribution in [1.82, 2.24) is 0 Å². The van der Waals surface area contributed by atoms with Gasteiger partial charge in [-0.3, -0.25) is 0 Å². The SMILES string of the molecule is OCC1Cc2cc(O)ccc2O1. The van der Waals surface area contributed by atoms with Crippen LogP contribution in [0.2, 0.25) is 0 Å². The van der Waals surface area contributed by atoms with Crippen LogP contribution in [-0.4, -0.2) is 22.9 Å². The fourth-order valence-electron chi connectivity index (χ4n) is 1.41. The van der Waals surface area contributed by atoms with Crippen LogP contribution in [-0.2, 0) is 6.42 Å². The maximum absolute atomic E-state index is 9.14. The smallest absolute Gasteiger partial charge is 0.126 e. The molecule has 3 nitrogen and oxygen atoms in total. The third kappa shape index (κ3) is 1.12. The molecule has 0 aliphatic carbocycles. The first-order valence-electron chi connectivity index (χ1n) is 3.89. The molecule has 2 N–H and O–H groups in total. The van der Waals surface area contributed by atoms with E-state index >= 15 is 0 Å². The first kappa shape index (κ1) is 7.43. The van der Waals surface area contributed by atoms with Crippen LogP contribution in [0.4, 0.5) is 0 Å². The Balaban J connectivity index is 2.30. The van der Waals surface area contributed by atoms with Gasteiger partial charge in [-0.1, -0.05) is 0 Å². The molecule has 0 fully saturated rings. The highest BCUT2D eigenvalue weighted by molar-refractivity contribution is 5.42. The van der Waals surface area contributed by atoms with Crippen LogP contribution in [0.1, 0.15) is 5.56 Å². The molecule has 2 rings (SSSR count). The molecule has 1 aromatic carbocycles. The topological polar surface area (TPSA) is 49.7 Å². The van der Waals surface area contributed by atoms with Gasteiger partial charge in [0.2, 0.25) is 0 Å². The third-order valence-electron chi connectivity index (χ3n) is 1.99. The van der Waals surface area contributed by atoms with Crippen molar-refractivity contribution in [2.24, 2.45) is 0 Å². The number of ether oxygens (including phenoxy) is 1. The summed E-state index contributed by atoms with van der Waals surface area (Å²) >= 11 is 0. The van der Waals surface area contributed by atoms with Gasteiger partial charge >= 0.3 is 0 Å². The van der Waals surface area contributed by atoms with Gasteiger partial charge in [-0.15, -0.1) is 0 Å². The van der Waals surface area contributed by atoms with E-state index in [2.05, 4.69) is 0 Å². The standard InChI is InChI=1S/C9H10O3/c10-5-8-4-6-3-7(11)1-2-9(6)12-8/h1-3,8,10-11H,4-5H2. The number of rotatable bonds is 1. The zero-order valence-electron chi connectivity index (χ0n) is 6.53. The predicted molar refractivity (Wildman–Crippen MR) is 43.3 cm³/mol. The monoisotopic (exact) mass is 166 g/mol. The lowest BCUT2D eigenvalue weighted by molar-refractivity contribution is 0.134. The highest BCUT2D eigenvalue weighted by Crippen LogP contribution is 2.31. The molecule has 0 saturated heterocycles. The molecule has 12 heavy (non-hydrogen) atoms. The van der Waals surface area contributed by atoms with E-state index in [1.165, 1.54) is 0 Å². The fraction of sp³-hybridized carbons (Fsp3) is 0.333. The maximum Gasteiger partial charge on any atom is 0.126 e. The Labute approximate surface area is 70.2 Å². The molecule has 1 heterocycles. The van der Waals surface area contributed by atoms with Crippen molar-refractivity contribution in [3.05, 3.63) is 23.8 Å². The summed E-state index contributed by atoms with van der Waals surface area (Å²) in [6.45, 7) is 0.0233. The zero-order valence-corrected chi connectivity index (χ0v) is 6.53. The van der Waals surface area contributed by atoms with Crippen molar-refractivity contribution in [2.45, 2.75) is 12.5 Å². The minimum atomic E-state index is -0.137. The van der Waals surface area contributed by atoms with E-state index in [4.69, 9.17) is 14.9 Å². The van der Waals surface area contributed by atoms with Crippen LogP contribution in [0.25, 0.3) is 0 Å². The molecule has 1 unspecified atom stereocenters. The molecule has 64 valence electrons. The number of aliphatic hydroxyl groups is 1. The minimum Gasteiger partial charge on any atom is -0.508 e. The van der Waals surface area contributed by atoms with Gasteiger partial charge in [0.1, 0.15) is 17.6 Å². The second-order valence-electron chi connectivity index (χ2n) is 2.92. The largest absolute Gasteiger partial charge is 0.508 e. The number of fused-ring (bicyclic) bond motifs is 1. The molecule has 1 atom stereocenters. The molecule has 0 spiro atoms. The van der Waals surface area contributed by atoms with Crippen LogP contribution in [0.15, 0.2) is 18.2 Å². The molecule has 0 saturated carbocycles. The van der Waals surface area contributed by atoms with Crippen molar-refractivity contribution in [3.63, 3.8) is 0 Å². The van der Waals surface area contributed by atoms with Gasteiger partial charge in [0, 0.05) is 12.0 Å². The normalized spacial score (nSPS) is 20.2. The first-order valence-corrected chi connectivity index (χ1v) is 3.89. The van der Waals surface area contributed by atoms with Crippen molar-refractivity contribution >= 4 is 0 Å². The number of aromatic hydroxyl groups is 1. The average molecular weight is 166 g/mol. The second-order valence-corrected chi connectivity index (χ2v) is 2.92. The van der Waals surface area contributed by atoms with Crippen LogP contribution in [0.3, 0.4) is 0 Å². The van der Waals surface area contributed by atoms with Gasteiger partial charge in [0.25, 0.3) is 0 Å². The Kier molecular flexibility index (Phi) is 1.66. The molecule has 1 aliphatic heterocycles. The van der Waals surface area contributed by atoms with Crippen molar-refractivity contribution in [1.29, 1.82) is 0 Å². The Morgan fingerprint density at radius 3 is 3.08 bits per heavy atom. The summed E-state index contributed by atoms with van der Waals surface area (Å²) in [6, 6.07) is 4.98. The third-order valence-corrected chi connectivity index (χ3v) is 1.99. The molecule has 0 aromatic heterocycles. The van der Waals surface area contributed by atoms with Crippen LogP contribution >= 0.6 is 0 Å². The Morgan fingerprint density at radius 2 is 2.33 bits per heavy atom. The summed E-state index contributed by atoms with van der Waals surface area (Å²) in [7, 11) is 0. The molecular weight excluding hydrogens is 156 g/mol. The van der Waals surface area contributed by atoms with Crippen LogP contribution in [0, 0.1) is 0 Å². The average Bonchev–Trinajstić information content (AvgIpc) is 2.46. The lowest BCUT2D eigenvalue weighted by Gasteiger charge is -2.04. The van der Waals surface area contributed by atoms with Gasteiger partial charge < -0.3 is 14.9 Å². The number of hydrogen-bond donors (Lipinski definition) is 2. The Bertz CT molecular complexity index is 296. The summed E-state index contributed by atoms with van der Waals surface area (Å²) in [5.74, 6) is 1.02. The van der Waals surface area contributed by atoms with Crippen LogP contribution < -0.4 is 4.74 Å². The quantitative estimate of drug-likeness (QED) is 0.645. The lowest BCUT2D eigenvalue weighted by atomic mass is 10.1. The van der Waals surface area contributed by atoms with E-state index in [-0.39, 0.29) is 18.5 Å². The molecule has 0 radical (unpaired) electrons. The Morgan fingerprint density at radius 1 is 1.50 bits per heavy atom. The van der Waals surface area contributed by atoms with Crippen molar-refractivity contribution in [3.8, 4) is 11.5 Å². The summed E-state index contributed by atoms with van der Waals surface area (Å²) in [5, 5.41) is 18.0. The van der Waals surface area contributed by atoms with E-state index in [0.29, 0.717) is 6.42 Å². The van der Waals surface area contributed by atoms with Gasteiger partial charge in [0.05, 0.1) is 6.61 Å².